The number of nitrogens with zero attached hydrogens (tertiary/aromatic N) is 3. The average molecular weight is 659 g/mol. The summed E-state index contributed by atoms with van der Waals surface area (Å²) < 4.78 is 17.6. The number of amides is 2. The third-order valence-corrected chi connectivity index (χ3v) is 8.28. The first-order valence-corrected chi connectivity index (χ1v) is 15.9. The molecule has 0 atom stereocenters. The number of aromatic nitrogens is 2. The molecule has 1 aliphatic heterocycles. The van der Waals surface area contributed by atoms with Gasteiger partial charge in [-0.25, -0.2) is 4.79 Å². The van der Waals surface area contributed by atoms with Gasteiger partial charge in [-0.15, -0.1) is 0 Å². The van der Waals surface area contributed by atoms with Gasteiger partial charge in [0.2, 0.25) is 5.91 Å². The average Bonchev–Trinajstić information content (AvgIpc) is 3.63. The number of rotatable bonds is 9. The van der Waals surface area contributed by atoms with E-state index in [0.717, 1.165) is 33.2 Å². The lowest BCUT2D eigenvalue weighted by atomic mass is 9.95. The normalized spacial score (nSPS) is 12.5. The molecule has 4 aromatic carbocycles. The minimum atomic E-state index is -0.693. The van der Waals surface area contributed by atoms with Gasteiger partial charge in [-0.05, 0) is 67.8 Å². The van der Waals surface area contributed by atoms with Crippen LogP contribution in [0.2, 0.25) is 0 Å². The van der Waals surface area contributed by atoms with Gasteiger partial charge < -0.3 is 24.4 Å². The van der Waals surface area contributed by atoms with Crippen LogP contribution in [0.15, 0.2) is 97.1 Å². The number of hydrogen-bond acceptors (Lipinski definition) is 7. The van der Waals surface area contributed by atoms with Crippen LogP contribution in [0.1, 0.15) is 42.3 Å². The van der Waals surface area contributed by atoms with E-state index < -0.39 is 11.7 Å². The first-order chi connectivity index (χ1) is 23.5. The molecule has 0 fully saturated rings. The first-order valence-electron chi connectivity index (χ1n) is 15.9. The second kappa shape index (κ2) is 13.3. The highest BCUT2D eigenvalue weighted by molar-refractivity contribution is 6.03. The van der Waals surface area contributed by atoms with Crippen LogP contribution < -0.4 is 14.8 Å². The van der Waals surface area contributed by atoms with Gasteiger partial charge in [0.15, 0.2) is 0 Å². The van der Waals surface area contributed by atoms with E-state index in [1.165, 1.54) is 4.68 Å². The molecule has 2 heterocycles. The highest BCUT2D eigenvalue weighted by Gasteiger charge is 2.31. The van der Waals surface area contributed by atoms with Crippen LogP contribution in [-0.4, -0.2) is 59.0 Å². The Bertz CT molecular complexity index is 2090. The fraction of sp³-hybridized carbons (Fsp3) is 0.231. The van der Waals surface area contributed by atoms with Gasteiger partial charge in [0.25, 0.3) is 5.91 Å². The maximum atomic E-state index is 13.6. The van der Waals surface area contributed by atoms with Gasteiger partial charge in [0, 0.05) is 46.8 Å². The molecule has 0 aliphatic carbocycles. The summed E-state index contributed by atoms with van der Waals surface area (Å²) in [6.07, 6.45) is -0.568. The molecule has 0 unspecified atom stereocenters. The molecule has 49 heavy (non-hydrogen) atoms. The smallest absolute Gasteiger partial charge is 0.435 e. The standard InChI is InChI=1S/C39H38N4O6/c1-24(36(44)40-21-27-15-17-28(47-5)20-34(27)48-6)22-42-23-32-29(13-10-14-30(32)37(42)45)26-16-18-33-31(19-26)35(25-11-8-7-9-12-25)41-43(33)38(46)49-39(2,3)4/h7-20H,1,21-23H2,2-6H3,(H,40,44). The van der Waals surface area contributed by atoms with E-state index in [-0.39, 0.29) is 30.5 Å². The number of nitrogens with one attached hydrogen (secondary N) is 1. The summed E-state index contributed by atoms with van der Waals surface area (Å²) in [6.45, 7) is 10.0. The van der Waals surface area contributed by atoms with Crippen molar-refractivity contribution in [2.24, 2.45) is 0 Å². The zero-order chi connectivity index (χ0) is 34.9. The van der Waals surface area contributed by atoms with Crippen molar-refractivity contribution >= 4 is 28.8 Å². The van der Waals surface area contributed by atoms with E-state index in [0.29, 0.717) is 34.8 Å². The lowest BCUT2D eigenvalue weighted by Crippen LogP contribution is -2.33. The number of carbonyl (C=O) groups excluding carboxylic acids is 3. The monoisotopic (exact) mass is 658 g/mol. The highest BCUT2D eigenvalue weighted by Crippen LogP contribution is 2.37. The molecule has 0 radical (unpaired) electrons. The summed E-state index contributed by atoms with van der Waals surface area (Å²) >= 11 is 0. The van der Waals surface area contributed by atoms with Crippen molar-refractivity contribution in [3.63, 3.8) is 0 Å². The number of hydrogen-bond donors (Lipinski definition) is 1. The summed E-state index contributed by atoms with van der Waals surface area (Å²) in [6, 6.07) is 26.4. The Balaban J connectivity index is 1.25. The van der Waals surface area contributed by atoms with Gasteiger partial charge in [0.1, 0.15) is 22.8 Å². The quantitative estimate of drug-likeness (QED) is 0.170. The van der Waals surface area contributed by atoms with E-state index in [4.69, 9.17) is 19.3 Å². The molecule has 0 saturated carbocycles. The lowest BCUT2D eigenvalue weighted by Gasteiger charge is -2.19. The third-order valence-electron chi connectivity index (χ3n) is 8.28. The van der Waals surface area contributed by atoms with Crippen molar-refractivity contribution < 1.29 is 28.6 Å². The van der Waals surface area contributed by atoms with Gasteiger partial charge in [0.05, 0.1) is 26.3 Å². The SMILES string of the molecule is C=C(CN1Cc2c(cccc2-c2ccc3c(c2)c(-c2ccccc2)nn3C(=O)OC(C)(C)C)C1=O)C(=O)NCc1ccc(OC)cc1OC. The second-order valence-electron chi connectivity index (χ2n) is 12.8. The number of benzene rings is 4. The van der Waals surface area contributed by atoms with Crippen molar-refractivity contribution in [3.05, 3.63) is 114 Å². The molecular formula is C39H38N4O6. The van der Waals surface area contributed by atoms with E-state index in [2.05, 4.69) is 11.9 Å². The Morgan fingerprint density at radius 2 is 1.65 bits per heavy atom. The topological polar surface area (TPSA) is 112 Å². The second-order valence-corrected chi connectivity index (χ2v) is 12.8. The Hall–Kier alpha value is -5.90. The van der Waals surface area contributed by atoms with E-state index in [9.17, 15) is 14.4 Å². The van der Waals surface area contributed by atoms with E-state index >= 15 is 0 Å². The molecule has 5 aromatic rings. The maximum absolute atomic E-state index is 13.6. The number of carbonyl (C=O) groups is 3. The molecule has 250 valence electrons. The van der Waals surface area contributed by atoms with E-state index in [1.54, 1.807) is 37.3 Å². The van der Waals surface area contributed by atoms with Crippen LogP contribution >= 0.6 is 0 Å². The summed E-state index contributed by atoms with van der Waals surface area (Å²) in [5, 5.41) is 8.34. The molecule has 10 heteroatoms. The molecule has 1 aliphatic rings. The van der Waals surface area contributed by atoms with Crippen molar-refractivity contribution in [2.75, 3.05) is 20.8 Å². The van der Waals surface area contributed by atoms with E-state index in [1.807, 2.05) is 87.5 Å². The Morgan fingerprint density at radius 1 is 0.898 bits per heavy atom. The highest BCUT2D eigenvalue weighted by atomic mass is 16.6. The fourth-order valence-electron chi connectivity index (χ4n) is 5.93. The number of fused-ring (bicyclic) bond motifs is 2. The fourth-order valence-corrected chi connectivity index (χ4v) is 5.93. The Morgan fingerprint density at radius 3 is 2.37 bits per heavy atom. The van der Waals surface area contributed by atoms with Crippen molar-refractivity contribution in [2.45, 2.75) is 39.5 Å². The number of methoxy groups -OCH3 is 2. The largest absolute Gasteiger partial charge is 0.497 e. The van der Waals surface area contributed by atoms with Gasteiger partial charge >= 0.3 is 6.09 Å². The van der Waals surface area contributed by atoms with Crippen molar-refractivity contribution in [3.8, 4) is 33.9 Å². The van der Waals surface area contributed by atoms with Crippen molar-refractivity contribution in [1.29, 1.82) is 0 Å². The number of ether oxygens (including phenoxy) is 3. The molecule has 10 nitrogen and oxygen atoms in total. The van der Waals surface area contributed by atoms with Gasteiger partial charge in [-0.3, -0.25) is 9.59 Å². The molecule has 1 N–H and O–H groups in total. The van der Waals surface area contributed by atoms with Crippen LogP contribution in [0, 0.1) is 0 Å². The predicted molar refractivity (Wildman–Crippen MR) is 188 cm³/mol. The van der Waals surface area contributed by atoms with Crippen LogP contribution in [0.5, 0.6) is 11.5 Å². The van der Waals surface area contributed by atoms with Gasteiger partial charge in [-0.2, -0.15) is 9.78 Å². The lowest BCUT2D eigenvalue weighted by molar-refractivity contribution is -0.117. The zero-order valence-electron chi connectivity index (χ0n) is 28.2. The summed E-state index contributed by atoms with van der Waals surface area (Å²) in [5.41, 5.74) is 5.62. The third kappa shape index (κ3) is 6.76. The molecular weight excluding hydrogens is 620 g/mol. The molecule has 2 amide bonds. The molecule has 0 saturated heterocycles. The molecule has 6 rings (SSSR count). The molecule has 1 aromatic heterocycles. The van der Waals surface area contributed by atoms with Crippen LogP contribution in [-0.2, 0) is 22.6 Å². The van der Waals surface area contributed by atoms with Gasteiger partial charge in [-0.1, -0.05) is 55.1 Å². The summed E-state index contributed by atoms with van der Waals surface area (Å²) in [5.74, 6) is 0.707. The van der Waals surface area contributed by atoms with Crippen molar-refractivity contribution in [1.82, 2.24) is 20.0 Å². The van der Waals surface area contributed by atoms with Crippen LogP contribution in [0.3, 0.4) is 0 Å². The summed E-state index contributed by atoms with van der Waals surface area (Å²) in [7, 11) is 3.13. The zero-order valence-corrected chi connectivity index (χ0v) is 28.2. The minimum absolute atomic E-state index is 0.0678. The van der Waals surface area contributed by atoms with Crippen LogP contribution in [0.4, 0.5) is 4.79 Å². The molecule has 0 bridgehead atoms. The Labute approximate surface area is 284 Å². The summed E-state index contributed by atoms with van der Waals surface area (Å²) in [4.78, 5) is 41.4. The first kappa shape index (κ1) is 33.0. The minimum Gasteiger partial charge on any atom is -0.497 e. The maximum Gasteiger partial charge on any atom is 0.435 e. The van der Waals surface area contributed by atoms with Crippen LogP contribution in [0.25, 0.3) is 33.3 Å². The predicted octanol–water partition coefficient (Wildman–Crippen LogP) is 7.00. The molecule has 0 spiro atoms. The Kier molecular flexibility index (Phi) is 8.97.